The fraction of sp³-hybridized carbons (Fsp3) is 0.211. The Kier molecular flexibility index (Phi) is 8.54. The minimum absolute atomic E-state index is 0.0166. The number of imidazole rings is 1. The Hall–Kier alpha value is -5.64. The summed E-state index contributed by atoms with van der Waals surface area (Å²) in [5, 5.41) is 2.95. The number of nitrogens with zero attached hydrogens (tertiary/aromatic N) is 3. The summed E-state index contributed by atoms with van der Waals surface area (Å²) in [5.41, 5.74) is 4.46. The number of carbonyl (C=O) groups is 3. The van der Waals surface area contributed by atoms with Crippen LogP contribution < -0.4 is 5.32 Å². The maximum Gasteiger partial charge on any atom is 0.257 e. The zero-order valence-electron chi connectivity index (χ0n) is 26.0. The SMILES string of the molecule is O=C(Nc1ccc(-c2ccc(-c3cnc([C@@H]4CCCN4C(=O)c4ccccc4F)[nH]3)cc2)cc1)[C@H]1CCN(C(=O)c2ccccc2F)C1. The van der Waals surface area contributed by atoms with Crippen molar-refractivity contribution in [1.29, 1.82) is 0 Å². The summed E-state index contributed by atoms with van der Waals surface area (Å²) >= 11 is 0. The van der Waals surface area contributed by atoms with Crippen LogP contribution in [0.3, 0.4) is 0 Å². The van der Waals surface area contributed by atoms with Crippen molar-refractivity contribution in [3.8, 4) is 22.4 Å². The predicted octanol–water partition coefficient (Wildman–Crippen LogP) is 7.10. The number of nitrogens with one attached hydrogen (secondary N) is 2. The fourth-order valence-corrected chi connectivity index (χ4v) is 6.53. The first-order valence-corrected chi connectivity index (χ1v) is 16.0. The summed E-state index contributed by atoms with van der Waals surface area (Å²) in [7, 11) is 0. The quantitative estimate of drug-likeness (QED) is 0.197. The molecule has 1 aromatic heterocycles. The van der Waals surface area contributed by atoms with Gasteiger partial charge in [0.25, 0.3) is 11.8 Å². The highest BCUT2D eigenvalue weighted by Gasteiger charge is 2.34. The molecule has 0 unspecified atom stereocenters. The van der Waals surface area contributed by atoms with Crippen LogP contribution in [0.1, 0.15) is 51.8 Å². The van der Waals surface area contributed by atoms with Crippen LogP contribution in [0.5, 0.6) is 0 Å². The van der Waals surface area contributed by atoms with Crippen molar-refractivity contribution in [3.63, 3.8) is 0 Å². The number of aromatic amines is 1. The largest absolute Gasteiger partial charge is 0.340 e. The second-order valence-electron chi connectivity index (χ2n) is 12.2. The molecule has 7 rings (SSSR count). The van der Waals surface area contributed by atoms with E-state index < -0.39 is 17.5 Å². The molecule has 2 atom stereocenters. The highest BCUT2D eigenvalue weighted by atomic mass is 19.1. The lowest BCUT2D eigenvalue weighted by Gasteiger charge is -2.23. The van der Waals surface area contributed by atoms with E-state index in [9.17, 15) is 23.2 Å². The van der Waals surface area contributed by atoms with E-state index in [2.05, 4.69) is 15.3 Å². The molecule has 2 aliphatic rings. The number of anilines is 1. The smallest absolute Gasteiger partial charge is 0.257 e. The van der Waals surface area contributed by atoms with Crippen LogP contribution >= 0.6 is 0 Å². The standard InChI is InChI=1S/C38H33F2N5O3/c39-31-8-3-1-6-29(31)37(47)44-21-19-27(23-44)36(46)42-28-17-15-25(16-18-28)24-11-13-26(14-12-24)33-22-41-35(43-33)34-10-5-20-45(34)38(48)30-7-2-4-9-32(30)40/h1-4,6-9,11-18,22,27,34H,5,10,19-21,23H2,(H,41,43)(H,42,46)/t27-,34-/m0/s1. The molecule has 0 spiro atoms. The molecular formula is C38H33F2N5O3. The monoisotopic (exact) mass is 645 g/mol. The van der Waals surface area contributed by atoms with Crippen LogP contribution in [-0.2, 0) is 4.79 Å². The Bertz CT molecular complexity index is 1980. The van der Waals surface area contributed by atoms with Crippen LogP contribution in [-0.4, -0.2) is 57.1 Å². The van der Waals surface area contributed by atoms with E-state index in [0.717, 1.165) is 35.2 Å². The van der Waals surface area contributed by atoms with E-state index in [1.807, 2.05) is 48.5 Å². The molecule has 242 valence electrons. The normalized spacial score (nSPS) is 17.5. The summed E-state index contributed by atoms with van der Waals surface area (Å²) in [6, 6.07) is 27.2. The van der Waals surface area contributed by atoms with Gasteiger partial charge in [-0.1, -0.05) is 60.7 Å². The van der Waals surface area contributed by atoms with E-state index >= 15 is 0 Å². The minimum Gasteiger partial charge on any atom is -0.340 e. The van der Waals surface area contributed by atoms with Crippen LogP contribution in [0, 0.1) is 17.6 Å². The lowest BCUT2D eigenvalue weighted by molar-refractivity contribution is -0.119. The van der Waals surface area contributed by atoms with Gasteiger partial charge in [0.1, 0.15) is 17.5 Å². The van der Waals surface area contributed by atoms with Gasteiger partial charge in [-0.3, -0.25) is 14.4 Å². The minimum atomic E-state index is -0.565. The summed E-state index contributed by atoms with van der Waals surface area (Å²) in [6.45, 7) is 1.18. The lowest BCUT2D eigenvalue weighted by Crippen LogP contribution is -2.32. The third kappa shape index (κ3) is 6.21. The molecule has 0 radical (unpaired) electrons. The molecule has 2 fully saturated rings. The third-order valence-corrected chi connectivity index (χ3v) is 9.16. The first-order valence-electron chi connectivity index (χ1n) is 16.0. The maximum atomic E-state index is 14.3. The first kappa shape index (κ1) is 31.0. The highest BCUT2D eigenvalue weighted by Crippen LogP contribution is 2.34. The average molecular weight is 646 g/mol. The number of carbonyl (C=O) groups excluding carboxylic acids is 3. The van der Waals surface area contributed by atoms with Crippen molar-refractivity contribution >= 4 is 23.4 Å². The molecule has 8 nitrogen and oxygen atoms in total. The van der Waals surface area contributed by atoms with Gasteiger partial charge in [0, 0.05) is 25.3 Å². The lowest BCUT2D eigenvalue weighted by atomic mass is 10.0. The number of amides is 3. The molecule has 5 aromatic rings. The van der Waals surface area contributed by atoms with E-state index in [0.29, 0.717) is 31.0 Å². The van der Waals surface area contributed by atoms with E-state index in [-0.39, 0.29) is 41.4 Å². The Balaban J connectivity index is 0.963. The predicted molar refractivity (Wildman–Crippen MR) is 178 cm³/mol. The number of hydrogen-bond donors (Lipinski definition) is 2. The number of H-pyrrole nitrogens is 1. The molecule has 0 saturated carbocycles. The van der Waals surface area contributed by atoms with Crippen molar-refractivity contribution < 1.29 is 23.2 Å². The van der Waals surface area contributed by atoms with Crippen LogP contribution in [0.15, 0.2) is 103 Å². The Morgan fingerprint density at radius 3 is 2.00 bits per heavy atom. The van der Waals surface area contributed by atoms with Crippen molar-refractivity contribution in [2.24, 2.45) is 5.92 Å². The van der Waals surface area contributed by atoms with Gasteiger partial charge in [0.05, 0.1) is 35.0 Å². The Labute approximate surface area is 276 Å². The van der Waals surface area contributed by atoms with E-state index in [1.165, 1.54) is 35.2 Å². The van der Waals surface area contributed by atoms with Gasteiger partial charge >= 0.3 is 0 Å². The summed E-state index contributed by atoms with van der Waals surface area (Å²) in [5.74, 6) is -1.70. The van der Waals surface area contributed by atoms with Crippen molar-refractivity contribution in [2.45, 2.75) is 25.3 Å². The number of benzene rings is 4. The molecular weight excluding hydrogens is 612 g/mol. The van der Waals surface area contributed by atoms with Crippen molar-refractivity contribution in [1.82, 2.24) is 19.8 Å². The Morgan fingerprint density at radius 2 is 1.33 bits per heavy atom. The number of likely N-dealkylation sites (tertiary alicyclic amines) is 2. The molecule has 48 heavy (non-hydrogen) atoms. The molecule has 3 heterocycles. The molecule has 3 amide bonds. The number of hydrogen-bond acceptors (Lipinski definition) is 4. The van der Waals surface area contributed by atoms with Gasteiger partial charge < -0.3 is 20.1 Å². The molecule has 2 aliphatic heterocycles. The third-order valence-electron chi connectivity index (χ3n) is 9.16. The second kappa shape index (κ2) is 13.2. The summed E-state index contributed by atoms with van der Waals surface area (Å²) in [6.07, 6.45) is 3.83. The molecule has 4 aromatic carbocycles. The summed E-state index contributed by atoms with van der Waals surface area (Å²) < 4.78 is 28.4. The molecule has 2 saturated heterocycles. The molecule has 0 aliphatic carbocycles. The van der Waals surface area contributed by atoms with Crippen LogP contribution in [0.2, 0.25) is 0 Å². The maximum absolute atomic E-state index is 14.3. The topological polar surface area (TPSA) is 98.4 Å². The van der Waals surface area contributed by atoms with Crippen molar-refractivity contribution in [3.05, 3.63) is 132 Å². The van der Waals surface area contributed by atoms with E-state index in [1.54, 1.807) is 29.3 Å². The van der Waals surface area contributed by atoms with Crippen molar-refractivity contribution in [2.75, 3.05) is 25.0 Å². The molecule has 10 heteroatoms. The average Bonchev–Trinajstić information content (AvgIpc) is 3.90. The summed E-state index contributed by atoms with van der Waals surface area (Å²) in [4.78, 5) is 50.0. The zero-order chi connectivity index (χ0) is 33.2. The van der Waals surface area contributed by atoms with Gasteiger partial charge in [0.2, 0.25) is 5.91 Å². The fourth-order valence-electron chi connectivity index (χ4n) is 6.53. The number of rotatable bonds is 7. The van der Waals surface area contributed by atoms with Gasteiger partial charge in [-0.25, -0.2) is 13.8 Å². The van der Waals surface area contributed by atoms with Gasteiger partial charge in [0.15, 0.2) is 0 Å². The second-order valence-corrected chi connectivity index (χ2v) is 12.2. The van der Waals surface area contributed by atoms with E-state index in [4.69, 9.17) is 0 Å². The van der Waals surface area contributed by atoms with Crippen LogP contribution in [0.25, 0.3) is 22.4 Å². The van der Waals surface area contributed by atoms with Gasteiger partial charge in [-0.05, 0) is 72.4 Å². The molecule has 2 N–H and O–H groups in total. The molecule has 0 bridgehead atoms. The zero-order valence-corrected chi connectivity index (χ0v) is 26.0. The van der Waals surface area contributed by atoms with Crippen LogP contribution in [0.4, 0.5) is 14.5 Å². The van der Waals surface area contributed by atoms with Gasteiger partial charge in [-0.2, -0.15) is 0 Å². The number of halogens is 2. The Morgan fingerprint density at radius 1 is 0.729 bits per heavy atom. The highest BCUT2D eigenvalue weighted by molar-refractivity contribution is 5.97. The number of aromatic nitrogens is 2. The first-order chi connectivity index (χ1) is 23.4. The van der Waals surface area contributed by atoms with Gasteiger partial charge in [-0.15, -0.1) is 0 Å².